The number of carbonyl (C=O) groups is 3. The lowest BCUT2D eigenvalue weighted by atomic mass is 9.98. The van der Waals surface area contributed by atoms with E-state index >= 15 is 0 Å². The Kier molecular flexibility index (Phi) is 9.83. The number of aliphatic carboxylic acids is 1. The van der Waals surface area contributed by atoms with Gasteiger partial charge in [-0.05, 0) is 48.9 Å². The van der Waals surface area contributed by atoms with Crippen LogP contribution in [0.25, 0.3) is 0 Å². The molecule has 1 fully saturated rings. The third-order valence-corrected chi connectivity index (χ3v) is 6.74. The molecule has 1 heterocycles. The highest BCUT2D eigenvalue weighted by atomic mass is 16.6. The normalized spacial score (nSPS) is 15.9. The van der Waals surface area contributed by atoms with Crippen LogP contribution in [0.15, 0.2) is 96.2 Å². The number of nitrogens with one attached hydrogen (secondary N) is 1. The molecule has 202 valence electrons. The molecule has 2 atom stereocenters. The van der Waals surface area contributed by atoms with E-state index in [2.05, 4.69) is 10.5 Å². The number of hydrogen-bond donors (Lipinski definition) is 2. The van der Waals surface area contributed by atoms with Gasteiger partial charge in [0, 0.05) is 18.5 Å². The van der Waals surface area contributed by atoms with E-state index in [0.29, 0.717) is 37.1 Å². The van der Waals surface area contributed by atoms with Gasteiger partial charge in [0.05, 0.1) is 11.8 Å². The molecular weight excluding hydrogens is 494 g/mol. The van der Waals surface area contributed by atoms with Crippen LogP contribution in [0.1, 0.15) is 47.2 Å². The van der Waals surface area contributed by atoms with Crippen molar-refractivity contribution in [3.05, 3.63) is 108 Å². The second kappa shape index (κ2) is 13.9. The maximum atomic E-state index is 13.2. The first-order valence-electron chi connectivity index (χ1n) is 13.2. The Morgan fingerprint density at radius 1 is 0.897 bits per heavy atom. The van der Waals surface area contributed by atoms with Crippen LogP contribution in [-0.2, 0) is 27.5 Å². The molecule has 1 aliphatic rings. The Morgan fingerprint density at radius 2 is 1.51 bits per heavy atom. The van der Waals surface area contributed by atoms with E-state index in [1.165, 1.54) is 4.90 Å². The number of oxime groups is 1. The number of carboxylic acids is 1. The molecule has 8 heteroatoms. The topological polar surface area (TPSA) is 108 Å². The van der Waals surface area contributed by atoms with Gasteiger partial charge < -0.3 is 20.2 Å². The minimum Gasteiger partial charge on any atom is -0.480 e. The number of carbonyl (C=O) groups excluding carboxylic acids is 2. The van der Waals surface area contributed by atoms with E-state index in [1.807, 2.05) is 66.7 Å². The van der Waals surface area contributed by atoms with Gasteiger partial charge in [-0.3, -0.25) is 9.59 Å². The van der Waals surface area contributed by atoms with Crippen LogP contribution in [0.3, 0.4) is 0 Å². The summed E-state index contributed by atoms with van der Waals surface area (Å²) in [5.41, 5.74) is 2.95. The van der Waals surface area contributed by atoms with Gasteiger partial charge in [-0.15, -0.1) is 0 Å². The number of rotatable bonds is 12. The Labute approximate surface area is 228 Å². The summed E-state index contributed by atoms with van der Waals surface area (Å²) in [5.74, 6) is -1.49. The highest BCUT2D eigenvalue weighted by molar-refractivity contribution is 6.00. The molecule has 3 aromatic carbocycles. The van der Waals surface area contributed by atoms with Gasteiger partial charge in [-0.1, -0.05) is 84.0 Å². The van der Waals surface area contributed by atoms with Crippen molar-refractivity contribution in [2.24, 2.45) is 5.16 Å². The monoisotopic (exact) mass is 527 g/mol. The van der Waals surface area contributed by atoms with Crippen molar-refractivity contribution >= 4 is 23.5 Å². The van der Waals surface area contributed by atoms with Gasteiger partial charge >= 0.3 is 5.97 Å². The van der Waals surface area contributed by atoms with Crippen LogP contribution in [0.4, 0.5) is 0 Å². The average Bonchev–Trinajstić information content (AvgIpc) is 3.47. The van der Waals surface area contributed by atoms with E-state index < -0.39 is 18.1 Å². The van der Waals surface area contributed by atoms with Gasteiger partial charge in [0.15, 0.2) is 0 Å². The molecule has 2 amide bonds. The summed E-state index contributed by atoms with van der Waals surface area (Å²) < 4.78 is 0. The van der Waals surface area contributed by atoms with Gasteiger partial charge in [0.25, 0.3) is 5.91 Å². The van der Waals surface area contributed by atoms with E-state index in [0.717, 1.165) is 11.1 Å². The number of amides is 2. The fraction of sp³-hybridized carbons (Fsp3) is 0.290. The Balaban J connectivity index is 1.56. The van der Waals surface area contributed by atoms with Crippen LogP contribution in [-0.4, -0.2) is 52.1 Å². The largest absolute Gasteiger partial charge is 0.480 e. The lowest BCUT2D eigenvalue weighted by Gasteiger charge is -2.24. The van der Waals surface area contributed by atoms with Crippen molar-refractivity contribution in [1.29, 1.82) is 0 Å². The Morgan fingerprint density at radius 3 is 2.15 bits per heavy atom. The smallest absolute Gasteiger partial charge is 0.326 e. The summed E-state index contributed by atoms with van der Waals surface area (Å²) in [6, 6.07) is 26.9. The highest BCUT2D eigenvalue weighted by Gasteiger charge is 2.34. The summed E-state index contributed by atoms with van der Waals surface area (Å²) in [6.45, 7) is 0.654. The minimum atomic E-state index is -0.988. The molecule has 0 spiro atoms. The summed E-state index contributed by atoms with van der Waals surface area (Å²) in [5, 5.41) is 17.0. The molecule has 4 rings (SSSR count). The SMILES string of the molecule is O=C(N[C@H](Cc1ccccc1)C(CCC(=O)N1CCC[C@H]1C(=O)O)=NOCc1ccccc1)c1ccccc1. The van der Waals surface area contributed by atoms with E-state index in [9.17, 15) is 19.5 Å². The first-order chi connectivity index (χ1) is 19.0. The number of benzene rings is 3. The van der Waals surface area contributed by atoms with Crippen molar-refractivity contribution in [3.63, 3.8) is 0 Å². The highest BCUT2D eigenvalue weighted by Crippen LogP contribution is 2.20. The molecule has 0 aliphatic carbocycles. The Bertz CT molecular complexity index is 1270. The third kappa shape index (κ3) is 8.01. The van der Waals surface area contributed by atoms with Gasteiger partial charge in [0.2, 0.25) is 5.91 Å². The molecule has 0 saturated carbocycles. The van der Waals surface area contributed by atoms with Crippen molar-refractivity contribution < 1.29 is 24.3 Å². The zero-order chi connectivity index (χ0) is 27.5. The maximum absolute atomic E-state index is 13.2. The van der Waals surface area contributed by atoms with Gasteiger partial charge in [0.1, 0.15) is 12.6 Å². The van der Waals surface area contributed by atoms with E-state index in [4.69, 9.17) is 4.84 Å². The molecule has 0 radical (unpaired) electrons. The maximum Gasteiger partial charge on any atom is 0.326 e. The summed E-state index contributed by atoms with van der Waals surface area (Å²) in [7, 11) is 0. The quantitative estimate of drug-likeness (QED) is 0.267. The number of hydrogen-bond acceptors (Lipinski definition) is 5. The molecule has 39 heavy (non-hydrogen) atoms. The number of likely N-dealkylation sites (tertiary alicyclic amines) is 1. The fourth-order valence-corrected chi connectivity index (χ4v) is 4.68. The van der Waals surface area contributed by atoms with Gasteiger partial charge in [-0.25, -0.2) is 4.79 Å². The summed E-state index contributed by atoms with van der Waals surface area (Å²) in [4.78, 5) is 45.0. The van der Waals surface area contributed by atoms with Crippen LogP contribution in [0, 0.1) is 0 Å². The van der Waals surface area contributed by atoms with Crippen LogP contribution in [0.5, 0.6) is 0 Å². The van der Waals surface area contributed by atoms with Crippen LogP contribution >= 0.6 is 0 Å². The second-order valence-corrected chi connectivity index (χ2v) is 9.51. The van der Waals surface area contributed by atoms with E-state index in [1.54, 1.807) is 24.3 Å². The van der Waals surface area contributed by atoms with Gasteiger partial charge in [-0.2, -0.15) is 0 Å². The second-order valence-electron chi connectivity index (χ2n) is 9.51. The lowest BCUT2D eigenvalue weighted by molar-refractivity contribution is -0.148. The predicted octanol–water partition coefficient (Wildman–Crippen LogP) is 4.46. The fourth-order valence-electron chi connectivity index (χ4n) is 4.68. The third-order valence-electron chi connectivity index (χ3n) is 6.74. The van der Waals surface area contributed by atoms with Crippen LogP contribution in [0.2, 0.25) is 0 Å². The first-order valence-corrected chi connectivity index (χ1v) is 13.2. The molecule has 0 unspecified atom stereocenters. The molecule has 3 aromatic rings. The summed E-state index contributed by atoms with van der Waals surface area (Å²) >= 11 is 0. The van der Waals surface area contributed by atoms with Crippen molar-refractivity contribution in [2.75, 3.05) is 6.54 Å². The van der Waals surface area contributed by atoms with Crippen molar-refractivity contribution in [3.8, 4) is 0 Å². The lowest BCUT2D eigenvalue weighted by Crippen LogP contribution is -2.44. The standard InChI is InChI=1S/C31H33N3O5/c35-29(34-20-10-17-28(34)31(37)38)19-18-26(33-39-22-24-13-6-2-7-14-24)27(21-23-11-4-1-5-12-23)32-30(36)25-15-8-3-9-16-25/h1-9,11-16,27-28H,10,17-22H2,(H,32,36)(H,37,38)/t27-,28+/m1/s1. The van der Waals surface area contributed by atoms with Crippen molar-refractivity contribution in [2.45, 2.75) is 50.8 Å². The van der Waals surface area contributed by atoms with Crippen molar-refractivity contribution in [1.82, 2.24) is 10.2 Å². The molecule has 1 saturated heterocycles. The zero-order valence-corrected chi connectivity index (χ0v) is 21.7. The molecule has 2 N–H and O–H groups in total. The average molecular weight is 528 g/mol. The zero-order valence-electron chi connectivity index (χ0n) is 21.7. The predicted molar refractivity (Wildman–Crippen MR) is 148 cm³/mol. The molecule has 0 aromatic heterocycles. The number of carboxylic acid groups (broad SMARTS) is 1. The molecule has 8 nitrogen and oxygen atoms in total. The summed E-state index contributed by atoms with van der Waals surface area (Å²) in [6.07, 6.45) is 1.83. The molecule has 1 aliphatic heterocycles. The Hall–Kier alpha value is -4.46. The molecule has 0 bridgehead atoms. The molecular formula is C31H33N3O5. The number of nitrogens with zero attached hydrogens (tertiary/aromatic N) is 2. The van der Waals surface area contributed by atoms with Crippen LogP contribution < -0.4 is 5.32 Å². The first kappa shape index (κ1) is 27.6. The minimum absolute atomic E-state index is 0.0593. The van der Waals surface area contributed by atoms with E-state index in [-0.39, 0.29) is 31.3 Å².